The second kappa shape index (κ2) is 15.9. The van der Waals surface area contributed by atoms with Crippen molar-refractivity contribution in [2.45, 2.75) is 108 Å². The number of esters is 2. The summed E-state index contributed by atoms with van der Waals surface area (Å²) >= 11 is 0. The summed E-state index contributed by atoms with van der Waals surface area (Å²) in [7, 11) is -5.06. The highest BCUT2D eigenvalue weighted by molar-refractivity contribution is 7.47. The molecule has 0 aromatic heterocycles. The molecule has 0 heterocycles. The molecule has 0 radical (unpaired) electrons. The number of phosphoric acid groups is 1. The summed E-state index contributed by atoms with van der Waals surface area (Å²) in [6.07, 6.45) is -8.31. The highest BCUT2D eigenvalue weighted by Crippen LogP contribution is 2.47. The summed E-state index contributed by atoms with van der Waals surface area (Å²) in [5, 5.41) is 49.0. The van der Waals surface area contributed by atoms with Crippen LogP contribution >= 0.6 is 7.82 Å². The van der Waals surface area contributed by atoms with E-state index in [0.29, 0.717) is 12.8 Å². The Morgan fingerprint density at radius 3 is 1.77 bits per heavy atom. The number of carbonyl (C=O) groups excluding carboxylic acids is 2. The molecule has 4 unspecified atom stereocenters. The lowest BCUT2D eigenvalue weighted by Gasteiger charge is -2.41. The Balaban J connectivity index is 2.74. The highest BCUT2D eigenvalue weighted by atomic mass is 31.2. The zero-order chi connectivity index (χ0) is 26.6. The number of ether oxygens (including phenoxy) is 2. The van der Waals surface area contributed by atoms with Gasteiger partial charge in [0.25, 0.3) is 0 Å². The highest BCUT2D eigenvalue weighted by Gasteiger charge is 2.51. The van der Waals surface area contributed by atoms with Crippen LogP contribution in [0.2, 0.25) is 0 Å². The van der Waals surface area contributed by atoms with Gasteiger partial charge in [-0.2, -0.15) is 0 Å². The van der Waals surface area contributed by atoms with Crippen LogP contribution in [0.15, 0.2) is 0 Å². The summed E-state index contributed by atoms with van der Waals surface area (Å²) in [5.74, 6) is -1.16. The van der Waals surface area contributed by atoms with Crippen LogP contribution in [0.25, 0.3) is 0 Å². The third-order valence-electron chi connectivity index (χ3n) is 5.45. The monoisotopic (exact) mass is 530 g/mol. The van der Waals surface area contributed by atoms with Crippen molar-refractivity contribution in [3.05, 3.63) is 0 Å². The summed E-state index contributed by atoms with van der Waals surface area (Å²) in [4.78, 5) is 34.0. The quantitative estimate of drug-likeness (QED) is 0.0877. The second-order valence-electron chi connectivity index (χ2n) is 8.50. The van der Waals surface area contributed by atoms with Gasteiger partial charge < -0.3 is 39.9 Å². The summed E-state index contributed by atoms with van der Waals surface area (Å²) in [5.41, 5.74) is 0. The van der Waals surface area contributed by atoms with Crippen molar-refractivity contribution in [2.75, 3.05) is 13.2 Å². The maximum atomic E-state index is 12.4. The van der Waals surface area contributed by atoms with Gasteiger partial charge in [-0.1, -0.05) is 39.5 Å². The van der Waals surface area contributed by atoms with Crippen molar-refractivity contribution in [3.8, 4) is 0 Å². The minimum absolute atomic E-state index is 0.0840. The van der Waals surface area contributed by atoms with Crippen LogP contribution in [-0.4, -0.2) is 98.3 Å². The Bertz CT molecular complexity index is 674. The topological polar surface area (TPSA) is 210 Å². The van der Waals surface area contributed by atoms with E-state index in [0.717, 1.165) is 25.7 Å². The standard InChI is InChI=1S/C21H39O13P/c1-3-5-7-9-14(22)31-11-13(33-15(23)10-8-6-4-2)12-32-35(29,30)34-21-19(27)17(25)16(24)18(26)20(21)28/h13,16-21,24-28H,3-12H2,1-2H3,(H,29,30)/t13?,16?,17-,18+,19-,20-,21?/m0/s1. The Kier molecular flexibility index (Phi) is 14.4. The Morgan fingerprint density at radius 1 is 0.771 bits per heavy atom. The Morgan fingerprint density at radius 2 is 1.26 bits per heavy atom. The summed E-state index contributed by atoms with van der Waals surface area (Å²) in [6, 6.07) is 0. The van der Waals surface area contributed by atoms with Gasteiger partial charge in [-0.3, -0.25) is 18.6 Å². The van der Waals surface area contributed by atoms with Crippen molar-refractivity contribution >= 4 is 19.8 Å². The predicted octanol–water partition coefficient (Wildman–Crippen LogP) is -0.0777. The first kappa shape index (κ1) is 31.9. The second-order valence-corrected chi connectivity index (χ2v) is 9.90. The minimum Gasteiger partial charge on any atom is -0.462 e. The van der Waals surface area contributed by atoms with E-state index in [1.165, 1.54) is 0 Å². The smallest absolute Gasteiger partial charge is 0.462 e. The first-order chi connectivity index (χ1) is 16.4. The molecule has 14 heteroatoms. The number of hydrogen-bond acceptors (Lipinski definition) is 12. The Hall–Kier alpha value is -1.15. The van der Waals surface area contributed by atoms with Crippen LogP contribution in [0.1, 0.15) is 65.2 Å². The molecular weight excluding hydrogens is 491 g/mol. The number of aliphatic hydroxyl groups excluding tert-OH is 5. The maximum absolute atomic E-state index is 12.4. The lowest BCUT2D eigenvalue weighted by atomic mass is 9.85. The number of carbonyl (C=O) groups is 2. The molecule has 1 rings (SSSR count). The molecule has 0 bridgehead atoms. The zero-order valence-electron chi connectivity index (χ0n) is 20.1. The molecule has 0 amide bonds. The van der Waals surface area contributed by atoms with Gasteiger partial charge in [-0.05, 0) is 12.8 Å². The molecule has 0 aromatic carbocycles. The molecule has 13 nitrogen and oxygen atoms in total. The van der Waals surface area contributed by atoms with Crippen molar-refractivity contribution in [1.29, 1.82) is 0 Å². The molecule has 0 saturated heterocycles. The fourth-order valence-corrected chi connectivity index (χ4v) is 4.31. The van der Waals surface area contributed by atoms with E-state index >= 15 is 0 Å². The van der Waals surface area contributed by atoms with Crippen molar-refractivity contribution in [3.63, 3.8) is 0 Å². The van der Waals surface area contributed by atoms with Crippen LogP contribution in [0.3, 0.4) is 0 Å². The van der Waals surface area contributed by atoms with Gasteiger partial charge in [0.2, 0.25) is 0 Å². The van der Waals surface area contributed by atoms with Crippen molar-refractivity contribution < 1.29 is 63.1 Å². The van der Waals surface area contributed by atoms with Crippen LogP contribution < -0.4 is 0 Å². The van der Waals surface area contributed by atoms with Crippen LogP contribution in [0, 0.1) is 0 Å². The maximum Gasteiger partial charge on any atom is 0.472 e. The van der Waals surface area contributed by atoms with Gasteiger partial charge >= 0.3 is 19.8 Å². The SMILES string of the molecule is CCCCCC(=O)OCC(COP(=O)(O)OC1[C@@H](O)[C@H](O)C(O)[C@H](O)[C@@H]1O)OC(=O)CCCCC. The van der Waals surface area contributed by atoms with Gasteiger partial charge in [0, 0.05) is 12.8 Å². The molecule has 0 aliphatic heterocycles. The average molecular weight is 531 g/mol. The molecule has 206 valence electrons. The van der Waals surface area contributed by atoms with Crippen molar-refractivity contribution in [1.82, 2.24) is 0 Å². The van der Waals surface area contributed by atoms with Crippen molar-refractivity contribution in [2.24, 2.45) is 0 Å². The van der Waals surface area contributed by atoms with E-state index in [9.17, 15) is 44.6 Å². The largest absolute Gasteiger partial charge is 0.472 e. The molecular formula is C21H39O13P. The molecule has 6 N–H and O–H groups in total. The third kappa shape index (κ3) is 11.2. The number of aliphatic hydroxyl groups is 5. The van der Waals surface area contributed by atoms with E-state index in [4.69, 9.17) is 18.5 Å². The molecule has 8 atom stereocenters. The van der Waals surface area contributed by atoms with E-state index in [2.05, 4.69) is 0 Å². The first-order valence-corrected chi connectivity index (χ1v) is 13.3. The zero-order valence-corrected chi connectivity index (χ0v) is 21.0. The number of rotatable bonds is 16. The number of hydrogen-bond donors (Lipinski definition) is 6. The molecule has 35 heavy (non-hydrogen) atoms. The Labute approximate surface area is 204 Å². The fourth-order valence-electron chi connectivity index (χ4n) is 3.34. The van der Waals surface area contributed by atoms with Crippen LogP contribution in [-0.2, 0) is 32.7 Å². The molecule has 1 aliphatic carbocycles. The van der Waals surface area contributed by atoms with E-state index in [-0.39, 0.29) is 12.8 Å². The van der Waals surface area contributed by atoms with Crippen LogP contribution in [0.4, 0.5) is 0 Å². The predicted molar refractivity (Wildman–Crippen MR) is 120 cm³/mol. The third-order valence-corrected chi connectivity index (χ3v) is 6.43. The summed E-state index contributed by atoms with van der Waals surface area (Å²) < 4.78 is 32.2. The minimum atomic E-state index is -5.06. The molecule has 1 aliphatic rings. The molecule has 0 aromatic rings. The van der Waals surface area contributed by atoms with E-state index < -0.39 is 75.7 Å². The van der Waals surface area contributed by atoms with E-state index in [1.54, 1.807) is 0 Å². The first-order valence-electron chi connectivity index (χ1n) is 11.8. The lowest BCUT2D eigenvalue weighted by molar-refractivity contribution is -0.220. The molecule has 0 spiro atoms. The van der Waals surface area contributed by atoms with Gasteiger partial charge in [0.15, 0.2) is 6.10 Å². The molecule has 1 fully saturated rings. The normalized spacial score (nSPS) is 29.3. The van der Waals surface area contributed by atoms with Gasteiger partial charge in [0.1, 0.15) is 43.2 Å². The number of phosphoric ester groups is 1. The van der Waals surface area contributed by atoms with Gasteiger partial charge in [0.05, 0.1) is 6.61 Å². The van der Waals surface area contributed by atoms with Gasteiger partial charge in [-0.25, -0.2) is 4.57 Å². The summed E-state index contributed by atoms with van der Waals surface area (Å²) in [6.45, 7) is 2.75. The molecule has 1 saturated carbocycles. The van der Waals surface area contributed by atoms with Crippen LogP contribution in [0.5, 0.6) is 0 Å². The number of unbranched alkanes of at least 4 members (excludes halogenated alkanes) is 4. The fraction of sp³-hybridized carbons (Fsp3) is 0.905. The lowest BCUT2D eigenvalue weighted by Crippen LogP contribution is -2.64. The van der Waals surface area contributed by atoms with E-state index in [1.807, 2.05) is 13.8 Å². The average Bonchev–Trinajstić information content (AvgIpc) is 2.81. The van der Waals surface area contributed by atoms with Gasteiger partial charge in [-0.15, -0.1) is 0 Å².